The fourth-order valence-corrected chi connectivity index (χ4v) is 4.01. The number of carbonyl (C=O) groups excluding carboxylic acids is 1. The van der Waals surface area contributed by atoms with Gasteiger partial charge in [-0.05, 0) is 35.4 Å². The molecule has 6 nitrogen and oxygen atoms in total. The largest absolute Gasteiger partial charge is 0.380 e. The van der Waals surface area contributed by atoms with E-state index >= 15 is 0 Å². The molecule has 0 saturated carbocycles. The number of carbonyl (C=O) groups is 1. The molecule has 1 atom stereocenters. The van der Waals surface area contributed by atoms with E-state index < -0.39 is 0 Å². The number of rotatable bonds is 6. The quantitative estimate of drug-likeness (QED) is 0.503. The van der Waals surface area contributed by atoms with Crippen molar-refractivity contribution >= 4 is 34.7 Å². The van der Waals surface area contributed by atoms with Gasteiger partial charge < -0.3 is 20.9 Å². The Labute approximate surface area is 191 Å². The summed E-state index contributed by atoms with van der Waals surface area (Å²) >= 11 is 6.30. The predicted molar refractivity (Wildman–Crippen MR) is 126 cm³/mol. The van der Waals surface area contributed by atoms with Crippen LogP contribution in [0.25, 0.3) is 0 Å². The van der Waals surface area contributed by atoms with E-state index in [1.54, 1.807) is 19.2 Å². The number of piperazine rings is 1. The number of hydrogen-bond acceptors (Lipinski definition) is 5. The zero-order valence-electron chi connectivity index (χ0n) is 17.7. The zero-order chi connectivity index (χ0) is 22.5. The minimum absolute atomic E-state index is 0.00956. The van der Waals surface area contributed by atoms with Crippen molar-refractivity contribution in [1.29, 1.82) is 0 Å². The maximum Gasteiger partial charge on any atom is 0.220 e. The molecule has 0 aliphatic carbocycles. The number of amides is 1. The van der Waals surface area contributed by atoms with Crippen LogP contribution in [-0.4, -0.2) is 35.4 Å². The smallest absolute Gasteiger partial charge is 0.220 e. The number of benzene rings is 2. The third-order valence-corrected chi connectivity index (χ3v) is 5.72. The highest BCUT2D eigenvalue weighted by atomic mass is 35.5. The Morgan fingerprint density at radius 2 is 2.09 bits per heavy atom. The summed E-state index contributed by atoms with van der Waals surface area (Å²) < 4.78 is 13.4. The molecule has 1 amide bonds. The number of hydrogen-bond donors (Lipinski definition) is 3. The van der Waals surface area contributed by atoms with Crippen LogP contribution in [0.1, 0.15) is 24.1 Å². The Morgan fingerprint density at radius 1 is 1.25 bits per heavy atom. The molecule has 4 rings (SSSR count). The predicted octanol–water partition coefficient (Wildman–Crippen LogP) is 4.72. The molecule has 8 heteroatoms. The van der Waals surface area contributed by atoms with Crippen molar-refractivity contribution in [3.8, 4) is 0 Å². The summed E-state index contributed by atoms with van der Waals surface area (Å²) in [6, 6.07) is 16.2. The molecule has 0 spiro atoms. The third kappa shape index (κ3) is 5.36. The van der Waals surface area contributed by atoms with Crippen LogP contribution in [-0.2, 0) is 11.3 Å². The van der Waals surface area contributed by atoms with E-state index in [4.69, 9.17) is 11.6 Å². The maximum atomic E-state index is 13.4. The number of anilines is 3. The lowest BCUT2D eigenvalue weighted by Crippen LogP contribution is -2.47. The van der Waals surface area contributed by atoms with Crippen LogP contribution in [0.4, 0.5) is 21.6 Å². The molecule has 166 valence electrons. The Kier molecular flexibility index (Phi) is 6.87. The Bertz CT molecular complexity index is 1110. The number of aromatic nitrogens is 1. The minimum Gasteiger partial charge on any atom is -0.380 e. The number of pyridine rings is 1. The van der Waals surface area contributed by atoms with E-state index in [9.17, 15) is 9.18 Å². The van der Waals surface area contributed by atoms with Gasteiger partial charge >= 0.3 is 0 Å². The standard InChI is InChI=1S/C24H25ClFN5O/c1-16(32)31-9-8-27-15-23(31)18-5-3-7-20(11-18)30-24-12-22(21(25)14-29-24)28-13-17-4-2-6-19(26)10-17/h2-7,10-12,14,23,27H,8-9,13,15H2,1H3,(H2,28,29,30). The minimum atomic E-state index is -0.274. The molecule has 1 fully saturated rings. The SMILES string of the molecule is CC(=O)N1CCNCC1c1cccc(Nc2cc(NCc3cccc(F)c3)c(Cl)cn2)c1. The second-order valence-electron chi connectivity index (χ2n) is 7.72. The summed E-state index contributed by atoms with van der Waals surface area (Å²) in [4.78, 5) is 18.3. The molecule has 2 heterocycles. The fraction of sp³-hybridized carbons (Fsp3) is 0.250. The molecule has 0 radical (unpaired) electrons. The lowest BCUT2D eigenvalue weighted by Gasteiger charge is -2.36. The van der Waals surface area contributed by atoms with E-state index in [2.05, 4.69) is 20.9 Å². The van der Waals surface area contributed by atoms with Gasteiger partial charge in [-0.2, -0.15) is 0 Å². The molecule has 2 aromatic carbocycles. The van der Waals surface area contributed by atoms with Gasteiger partial charge in [0.05, 0.1) is 22.9 Å². The molecular formula is C24H25ClFN5O. The van der Waals surface area contributed by atoms with Gasteiger partial charge in [0.15, 0.2) is 0 Å². The highest BCUT2D eigenvalue weighted by molar-refractivity contribution is 6.33. The van der Waals surface area contributed by atoms with Crippen LogP contribution in [0.2, 0.25) is 5.02 Å². The van der Waals surface area contributed by atoms with Crippen molar-refractivity contribution in [3.63, 3.8) is 0 Å². The van der Waals surface area contributed by atoms with Gasteiger partial charge in [-0.1, -0.05) is 35.9 Å². The third-order valence-electron chi connectivity index (χ3n) is 5.42. The van der Waals surface area contributed by atoms with Crippen LogP contribution in [0.5, 0.6) is 0 Å². The lowest BCUT2D eigenvalue weighted by molar-refractivity contribution is -0.132. The first-order chi connectivity index (χ1) is 15.5. The zero-order valence-corrected chi connectivity index (χ0v) is 18.5. The number of nitrogens with one attached hydrogen (secondary N) is 3. The molecule has 1 aromatic heterocycles. The van der Waals surface area contributed by atoms with Gasteiger partial charge in [-0.3, -0.25) is 4.79 Å². The molecule has 3 aromatic rings. The maximum absolute atomic E-state index is 13.4. The first-order valence-electron chi connectivity index (χ1n) is 10.5. The van der Waals surface area contributed by atoms with Gasteiger partial charge in [-0.25, -0.2) is 9.37 Å². The first kappa shape index (κ1) is 22.0. The molecule has 1 aliphatic heterocycles. The Hall–Kier alpha value is -3.16. The van der Waals surface area contributed by atoms with Crippen LogP contribution < -0.4 is 16.0 Å². The molecule has 1 unspecified atom stereocenters. The summed E-state index contributed by atoms with van der Waals surface area (Å²) in [5, 5.41) is 10.4. The van der Waals surface area contributed by atoms with Gasteiger partial charge in [0.25, 0.3) is 0 Å². The number of nitrogens with zero attached hydrogens (tertiary/aromatic N) is 2. The fourth-order valence-electron chi connectivity index (χ4n) is 3.84. The van der Waals surface area contributed by atoms with Gasteiger partial charge in [0.1, 0.15) is 11.6 Å². The van der Waals surface area contributed by atoms with Gasteiger partial charge in [-0.15, -0.1) is 0 Å². The molecule has 0 bridgehead atoms. The lowest BCUT2D eigenvalue weighted by atomic mass is 10.0. The van der Waals surface area contributed by atoms with Crippen LogP contribution in [0.15, 0.2) is 60.8 Å². The molecule has 3 N–H and O–H groups in total. The number of halogens is 2. The van der Waals surface area contributed by atoms with Crippen molar-refractivity contribution in [2.24, 2.45) is 0 Å². The second kappa shape index (κ2) is 9.97. The monoisotopic (exact) mass is 453 g/mol. The Morgan fingerprint density at radius 3 is 2.91 bits per heavy atom. The summed E-state index contributed by atoms with van der Waals surface area (Å²) in [6.07, 6.45) is 1.57. The summed E-state index contributed by atoms with van der Waals surface area (Å²) in [5.74, 6) is 0.422. The first-order valence-corrected chi connectivity index (χ1v) is 10.9. The molecule has 1 aliphatic rings. The highest BCUT2D eigenvalue weighted by Gasteiger charge is 2.25. The van der Waals surface area contributed by atoms with Gasteiger partial charge in [0, 0.05) is 44.9 Å². The summed E-state index contributed by atoms with van der Waals surface area (Å²) in [5.41, 5.74) is 3.43. The molecular weight excluding hydrogens is 429 g/mol. The second-order valence-corrected chi connectivity index (χ2v) is 8.12. The van der Waals surface area contributed by atoms with E-state index in [-0.39, 0.29) is 17.8 Å². The average molecular weight is 454 g/mol. The molecule has 1 saturated heterocycles. The van der Waals surface area contributed by atoms with Crippen molar-refractivity contribution in [3.05, 3.63) is 82.8 Å². The van der Waals surface area contributed by atoms with Crippen molar-refractivity contribution in [2.75, 3.05) is 30.3 Å². The van der Waals surface area contributed by atoms with E-state index in [0.29, 0.717) is 29.6 Å². The topological polar surface area (TPSA) is 69.3 Å². The van der Waals surface area contributed by atoms with E-state index in [1.807, 2.05) is 41.3 Å². The average Bonchev–Trinajstić information content (AvgIpc) is 2.79. The van der Waals surface area contributed by atoms with E-state index in [0.717, 1.165) is 29.9 Å². The van der Waals surface area contributed by atoms with Crippen molar-refractivity contribution in [1.82, 2.24) is 15.2 Å². The van der Waals surface area contributed by atoms with Crippen molar-refractivity contribution < 1.29 is 9.18 Å². The molecule has 32 heavy (non-hydrogen) atoms. The van der Waals surface area contributed by atoms with Crippen molar-refractivity contribution in [2.45, 2.75) is 19.5 Å². The summed E-state index contributed by atoms with van der Waals surface area (Å²) in [7, 11) is 0. The van der Waals surface area contributed by atoms with E-state index in [1.165, 1.54) is 12.1 Å². The van der Waals surface area contributed by atoms with Crippen LogP contribution >= 0.6 is 11.6 Å². The Balaban J connectivity index is 1.49. The van der Waals surface area contributed by atoms with Crippen LogP contribution in [0, 0.1) is 5.82 Å². The van der Waals surface area contributed by atoms with Gasteiger partial charge in [0.2, 0.25) is 5.91 Å². The summed E-state index contributed by atoms with van der Waals surface area (Å²) in [6.45, 7) is 4.25. The normalized spacial score (nSPS) is 16.0. The van der Waals surface area contributed by atoms with Crippen LogP contribution in [0.3, 0.4) is 0 Å². The highest BCUT2D eigenvalue weighted by Crippen LogP contribution is 2.28.